The van der Waals surface area contributed by atoms with Crippen molar-refractivity contribution in [1.29, 1.82) is 0 Å². The second-order valence-electron chi connectivity index (χ2n) is 7.47. The maximum absolute atomic E-state index is 13.5. The number of benzene rings is 2. The molecule has 5 rings (SSSR count). The van der Waals surface area contributed by atoms with Gasteiger partial charge in [0.25, 0.3) is 5.56 Å². The first-order chi connectivity index (χ1) is 16.0. The van der Waals surface area contributed by atoms with Gasteiger partial charge in [-0.2, -0.15) is 0 Å². The van der Waals surface area contributed by atoms with Crippen LogP contribution in [-0.2, 0) is 9.53 Å². The number of hydrogen-bond donors (Lipinski definition) is 0. The van der Waals surface area contributed by atoms with Crippen LogP contribution < -0.4 is 24.4 Å². The van der Waals surface area contributed by atoms with Crippen LogP contribution in [0.25, 0.3) is 6.08 Å². The molecule has 168 valence electrons. The molecule has 33 heavy (non-hydrogen) atoms. The summed E-state index contributed by atoms with van der Waals surface area (Å²) in [7, 11) is 0. The highest BCUT2D eigenvalue weighted by atomic mass is 32.1. The molecule has 1 aromatic heterocycles. The predicted octanol–water partition coefficient (Wildman–Crippen LogP) is 2.67. The van der Waals surface area contributed by atoms with Crippen LogP contribution in [0.2, 0.25) is 0 Å². The van der Waals surface area contributed by atoms with Crippen molar-refractivity contribution in [2.75, 3.05) is 13.4 Å². The Bertz CT molecular complexity index is 1470. The van der Waals surface area contributed by atoms with Crippen LogP contribution in [-0.4, -0.2) is 23.9 Å². The zero-order valence-electron chi connectivity index (χ0n) is 17.8. The van der Waals surface area contributed by atoms with Crippen LogP contribution in [0.4, 0.5) is 4.39 Å². The Balaban J connectivity index is 1.72. The summed E-state index contributed by atoms with van der Waals surface area (Å²) in [6, 6.07) is 10.4. The van der Waals surface area contributed by atoms with E-state index in [1.54, 1.807) is 50.3 Å². The Morgan fingerprint density at radius 1 is 1.24 bits per heavy atom. The van der Waals surface area contributed by atoms with Crippen molar-refractivity contribution in [2.45, 2.75) is 19.9 Å². The van der Waals surface area contributed by atoms with Gasteiger partial charge in [0, 0.05) is 0 Å². The van der Waals surface area contributed by atoms with Gasteiger partial charge < -0.3 is 14.2 Å². The molecule has 0 aliphatic carbocycles. The second kappa shape index (κ2) is 8.32. The Morgan fingerprint density at radius 2 is 2.00 bits per heavy atom. The number of ether oxygens (including phenoxy) is 3. The maximum atomic E-state index is 13.5. The Hall–Kier alpha value is -3.72. The molecule has 2 aliphatic rings. The van der Waals surface area contributed by atoms with Gasteiger partial charge >= 0.3 is 5.97 Å². The van der Waals surface area contributed by atoms with Gasteiger partial charge in [-0.05, 0) is 55.3 Å². The molecule has 3 heterocycles. The third kappa shape index (κ3) is 3.74. The highest BCUT2D eigenvalue weighted by Gasteiger charge is 2.34. The van der Waals surface area contributed by atoms with E-state index in [1.807, 2.05) is 0 Å². The highest BCUT2D eigenvalue weighted by molar-refractivity contribution is 7.07. The molecule has 0 bridgehead atoms. The first-order valence-corrected chi connectivity index (χ1v) is 11.1. The standard InChI is InChI=1S/C24H19FN2O5S/c1-3-30-23(29)20-13(2)26-24-27(21(20)15-6-9-17-18(11-15)32-12-31-17)22(28)19(33-24)10-14-4-7-16(25)8-5-14/h4-11,21H,3,12H2,1-2H3/b19-10-/t21-/m0/s1. The van der Waals surface area contributed by atoms with E-state index in [9.17, 15) is 14.0 Å². The van der Waals surface area contributed by atoms with Gasteiger partial charge in [-0.1, -0.05) is 29.5 Å². The normalized spacial score (nSPS) is 17.1. The molecule has 1 atom stereocenters. The lowest BCUT2D eigenvalue weighted by molar-refractivity contribution is -0.139. The van der Waals surface area contributed by atoms with Crippen LogP contribution >= 0.6 is 11.3 Å². The lowest BCUT2D eigenvalue weighted by Crippen LogP contribution is -2.39. The van der Waals surface area contributed by atoms with Gasteiger partial charge in [0.15, 0.2) is 16.3 Å². The van der Waals surface area contributed by atoms with E-state index in [0.29, 0.717) is 37.7 Å². The van der Waals surface area contributed by atoms with Crippen molar-refractivity contribution in [3.8, 4) is 11.5 Å². The van der Waals surface area contributed by atoms with Crippen molar-refractivity contribution in [3.05, 3.63) is 90.4 Å². The molecule has 0 N–H and O–H groups in total. The van der Waals surface area contributed by atoms with Gasteiger partial charge in [-0.15, -0.1) is 0 Å². The van der Waals surface area contributed by atoms with E-state index in [-0.39, 0.29) is 30.3 Å². The van der Waals surface area contributed by atoms with Gasteiger partial charge in [-0.25, -0.2) is 14.2 Å². The second-order valence-corrected chi connectivity index (χ2v) is 8.48. The van der Waals surface area contributed by atoms with Crippen molar-refractivity contribution in [1.82, 2.24) is 4.57 Å². The molecule has 9 heteroatoms. The molecule has 3 aromatic rings. The molecule has 7 nitrogen and oxygen atoms in total. The van der Waals surface area contributed by atoms with Crippen molar-refractivity contribution >= 4 is 23.4 Å². The topological polar surface area (TPSA) is 79.1 Å². The SMILES string of the molecule is CCOC(=O)C1=C(C)N=c2s/c(=C\c3ccc(F)cc3)c(=O)n2[C@H]1c1ccc2c(c1)OCO2. The fraction of sp³-hybridized carbons (Fsp3) is 0.208. The lowest BCUT2D eigenvalue weighted by Gasteiger charge is -2.24. The number of thiazole rings is 1. The monoisotopic (exact) mass is 466 g/mol. The molecular formula is C24H19FN2O5S. The molecule has 0 unspecified atom stereocenters. The molecular weight excluding hydrogens is 447 g/mol. The summed E-state index contributed by atoms with van der Waals surface area (Å²) in [6.45, 7) is 3.75. The number of aromatic nitrogens is 1. The summed E-state index contributed by atoms with van der Waals surface area (Å²) < 4.78 is 31.4. The van der Waals surface area contributed by atoms with Crippen LogP contribution in [0.1, 0.15) is 31.0 Å². The molecule has 2 aromatic carbocycles. The minimum absolute atomic E-state index is 0.110. The van der Waals surface area contributed by atoms with Crippen LogP contribution in [0.5, 0.6) is 11.5 Å². The van der Waals surface area contributed by atoms with Gasteiger partial charge in [-0.3, -0.25) is 9.36 Å². The number of nitrogens with zero attached hydrogens (tertiary/aromatic N) is 2. The fourth-order valence-electron chi connectivity index (χ4n) is 3.90. The van der Waals surface area contributed by atoms with Crippen LogP contribution in [0.15, 0.2) is 63.5 Å². The molecule has 0 fully saturated rings. The number of hydrogen-bond acceptors (Lipinski definition) is 7. The summed E-state index contributed by atoms with van der Waals surface area (Å²) in [5, 5.41) is 0. The summed E-state index contributed by atoms with van der Waals surface area (Å²) in [5.41, 5.74) is 1.82. The molecule has 0 spiro atoms. The zero-order valence-corrected chi connectivity index (χ0v) is 18.6. The minimum atomic E-state index is -0.745. The Kier molecular flexibility index (Phi) is 5.33. The Labute approximate surface area is 191 Å². The van der Waals surface area contributed by atoms with Gasteiger partial charge in [0.05, 0.1) is 28.5 Å². The number of esters is 1. The van der Waals surface area contributed by atoms with Crippen molar-refractivity contribution < 1.29 is 23.4 Å². The molecule has 0 saturated heterocycles. The number of rotatable bonds is 4. The summed E-state index contributed by atoms with van der Waals surface area (Å²) in [4.78, 5) is 31.4. The van der Waals surface area contributed by atoms with Crippen LogP contribution in [0, 0.1) is 5.82 Å². The molecule has 0 amide bonds. The summed E-state index contributed by atoms with van der Waals surface area (Å²) in [5.74, 6) is 0.250. The fourth-order valence-corrected chi connectivity index (χ4v) is 4.95. The average Bonchev–Trinajstić information content (AvgIpc) is 3.38. The van der Waals surface area contributed by atoms with E-state index in [2.05, 4.69) is 4.99 Å². The number of halogens is 1. The highest BCUT2D eigenvalue weighted by Crippen LogP contribution is 2.38. The summed E-state index contributed by atoms with van der Waals surface area (Å²) in [6.07, 6.45) is 1.68. The average molecular weight is 466 g/mol. The molecule has 0 saturated carbocycles. The van der Waals surface area contributed by atoms with E-state index >= 15 is 0 Å². The van der Waals surface area contributed by atoms with E-state index < -0.39 is 12.0 Å². The van der Waals surface area contributed by atoms with E-state index in [4.69, 9.17) is 14.2 Å². The minimum Gasteiger partial charge on any atom is -0.463 e. The quantitative estimate of drug-likeness (QED) is 0.553. The predicted molar refractivity (Wildman–Crippen MR) is 119 cm³/mol. The number of carbonyl (C=O) groups is 1. The number of allylic oxidation sites excluding steroid dienone is 1. The van der Waals surface area contributed by atoms with E-state index in [0.717, 1.165) is 0 Å². The van der Waals surface area contributed by atoms with Gasteiger partial charge in [0.2, 0.25) is 6.79 Å². The molecule has 0 radical (unpaired) electrons. The Morgan fingerprint density at radius 3 is 2.76 bits per heavy atom. The first-order valence-electron chi connectivity index (χ1n) is 10.3. The largest absolute Gasteiger partial charge is 0.463 e. The maximum Gasteiger partial charge on any atom is 0.338 e. The summed E-state index contributed by atoms with van der Waals surface area (Å²) >= 11 is 1.21. The van der Waals surface area contributed by atoms with Crippen molar-refractivity contribution in [3.63, 3.8) is 0 Å². The smallest absolute Gasteiger partial charge is 0.338 e. The zero-order chi connectivity index (χ0) is 23.1. The van der Waals surface area contributed by atoms with Gasteiger partial charge in [0.1, 0.15) is 5.82 Å². The number of carbonyl (C=O) groups excluding carboxylic acids is 1. The first kappa shape index (κ1) is 21.1. The number of fused-ring (bicyclic) bond motifs is 2. The molecule has 2 aliphatic heterocycles. The third-order valence-corrected chi connectivity index (χ3v) is 6.38. The van der Waals surface area contributed by atoms with Crippen molar-refractivity contribution in [2.24, 2.45) is 4.99 Å². The van der Waals surface area contributed by atoms with E-state index in [1.165, 1.54) is 28.0 Å². The third-order valence-electron chi connectivity index (χ3n) is 5.40. The lowest BCUT2D eigenvalue weighted by atomic mass is 9.95. The van der Waals surface area contributed by atoms with Crippen LogP contribution in [0.3, 0.4) is 0 Å².